The number of hydrogen-bond donors (Lipinski definition) is 1. The number of pyridine rings is 1. The smallest absolute Gasteiger partial charge is 0.342 e. The SMILES string of the molecule is O=c1[nH]c(-c2cccnc2)nc2c1CN(Cc1c(Cl)c3cc(Br)ccc3oc1=O)CC2. The number of hydrogen-bond acceptors (Lipinski definition) is 6. The van der Waals surface area contributed by atoms with E-state index in [2.05, 4.69) is 30.9 Å². The highest BCUT2D eigenvalue weighted by molar-refractivity contribution is 9.10. The second-order valence-corrected chi connectivity index (χ2v) is 8.66. The van der Waals surface area contributed by atoms with Crippen molar-refractivity contribution in [3.8, 4) is 11.4 Å². The van der Waals surface area contributed by atoms with E-state index >= 15 is 0 Å². The van der Waals surface area contributed by atoms with E-state index in [9.17, 15) is 9.59 Å². The summed E-state index contributed by atoms with van der Waals surface area (Å²) in [5, 5.41) is 1.04. The van der Waals surface area contributed by atoms with Gasteiger partial charge in [0.1, 0.15) is 11.4 Å². The minimum Gasteiger partial charge on any atom is -0.422 e. The first-order valence-electron chi connectivity index (χ1n) is 9.65. The van der Waals surface area contributed by atoms with E-state index in [4.69, 9.17) is 16.0 Å². The molecular formula is C22H16BrClN4O3. The number of rotatable bonds is 3. The summed E-state index contributed by atoms with van der Waals surface area (Å²) in [5.41, 5.74) is 2.29. The second kappa shape index (κ2) is 8.03. The van der Waals surface area contributed by atoms with E-state index < -0.39 is 5.63 Å². The molecule has 0 fully saturated rings. The van der Waals surface area contributed by atoms with Crippen molar-refractivity contribution in [2.24, 2.45) is 0 Å². The third-order valence-corrected chi connectivity index (χ3v) is 6.28. The van der Waals surface area contributed by atoms with Crippen molar-refractivity contribution >= 4 is 38.5 Å². The molecule has 1 aromatic carbocycles. The molecule has 9 heteroatoms. The summed E-state index contributed by atoms with van der Waals surface area (Å²) in [6.45, 7) is 1.30. The predicted octanol–water partition coefficient (Wildman–Crippen LogP) is 3.91. The molecule has 5 rings (SSSR count). The van der Waals surface area contributed by atoms with Crippen molar-refractivity contribution in [2.45, 2.75) is 19.5 Å². The lowest BCUT2D eigenvalue weighted by Gasteiger charge is -2.27. The Morgan fingerprint density at radius 3 is 2.94 bits per heavy atom. The van der Waals surface area contributed by atoms with Crippen LogP contribution in [0.4, 0.5) is 0 Å². The Balaban J connectivity index is 1.46. The van der Waals surface area contributed by atoms with Crippen LogP contribution in [0.25, 0.3) is 22.4 Å². The molecule has 7 nitrogen and oxygen atoms in total. The monoisotopic (exact) mass is 498 g/mol. The molecule has 1 aliphatic heterocycles. The predicted molar refractivity (Wildman–Crippen MR) is 121 cm³/mol. The molecule has 0 amide bonds. The van der Waals surface area contributed by atoms with Gasteiger partial charge in [0.25, 0.3) is 5.56 Å². The fourth-order valence-electron chi connectivity index (χ4n) is 3.79. The second-order valence-electron chi connectivity index (χ2n) is 7.36. The molecule has 1 N–H and O–H groups in total. The van der Waals surface area contributed by atoms with Gasteiger partial charge in [-0.1, -0.05) is 27.5 Å². The molecule has 156 valence electrons. The van der Waals surface area contributed by atoms with Gasteiger partial charge in [-0.3, -0.25) is 14.7 Å². The van der Waals surface area contributed by atoms with Gasteiger partial charge in [-0.15, -0.1) is 0 Å². The molecule has 0 saturated carbocycles. The number of fused-ring (bicyclic) bond motifs is 2. The van der Waals surface area contributed by atoms with Gasteiger partial charge in [-0.2, -0.15) is 0 Å². The zero-order chi connectivity index (χ0) is 21.5. The van der Waals surface area contributed by atoms with Gasteiger partial charge < -0.3 is 9.40 Å². The lowest BCUT2D eigenvalue weighted by molar-refractivity contribution is 0.239. The Labute approximate surface area is 189 Å². The molecule has 1 aliphatic rings. The zero-order valence-corrected chi connectivity index (χ0v) is 18.5. The Kier molecular flexibility index (Phi) is 5.21. The average Bonchev–Trinajstić information content (AvgIpc) is 2.78. The lowest BCUT2D eigenvalue weighted by atomic mass is 10.1. The van der Waals surface area contributed by atoms with Crippen LogP contribution in [0.5, 0.6) is 0 Å². The van der Waals surface area contributed by atoms with Gasteiger partial charge in [0.05, 0.1) is 21.8 Å². The number of aromatic nitrogens is 3. The van der Waals surface area contributed by atoms with Crippen molar-refractivity contribution in [1.82, 2.24) is 19.9 Å². The van der Waals surface area contributed by atoms with Crippen LogP contribution in [0, 0.1) is 0 Å². The first-order valence-corrected chi connectivity index (χ1v) is 10.8. The number of nitrogens with one attached hydrogen (secondary N) is 1. The Morgan fingerprint density at radius 2 is 2.13 bits per heavy atom. The van der Waals surface area contributed by atoms with Crippen molar-refractivity contribution in [3.63, 3.8) is 0 Å². The molecule has 0 spiro atoms. The third-order valence-electron chi connectivity index (χ3n) is 5.36. The normalized spacial score (nSPS) is 14.0. The van der Waals surface area contributed by atoms with E-state index in [0.717, 1.165) is 15.7 Å². The zero-order valence-electron chi connectivity index (χ0n) is 16.2. The summed E-state index contributed by atoms with van der Waals surface area (Å²) >= 11 is 9.98. The summed E-state index contributed by atoms with van der Waals surface area (Å²) in [6, 6.07) is 8.98. The quantitative estimate of drug-likeness (QED) is 0.430. The highest BCUT2D eigenvalue weighted by Crippen LogP contribution is 2.29. The summed E-state index contributed by atoms with van der Waals surface area (Å²) < 4.78 is 6.30. The molecule has 3 aromatic heterocycles. The van der Waals surface area contributed by atoms with Gasteiger partial charge in [-0.05, 0) is 30.3 Å². The molecule has 4 heterocycles. The van der Waals surface area contributed by atoms with Gasteiger partial charge in [0.2, 0.25) is 0 Å². The van der Waals surface area contributed by atoms with Crippen LogP contribution in [-0.4, -0.2) is 26.4 Å². The van der Waals surface area contributed by atoms with Crippen LogP contribution < -0.4 is 11.2 Å². The molecule has 0 atom stereocenters. The molecule has 0 saturated heterocycles. The molecule has 31 heavy (non-hydrogen) atoms. The van der Waals surface area contributed by atoms with E-state index in [0.29, 0.717) is 52.5 Å². The highest BCUT2D eigenvalue weighted by Gasteiger charge is 2.24. The van der Waals surface area contributed by atoms with Crippen molar-refractivity contribution < 1.29 is 4.42 Å². The first-order chi connectivity index (χ1) is 15.0. The number of H-pyrrole nitrogens is 1. The third kappa shape index (κ3) is 3.82. The van der Waals surface area contributed by atoms with Gasteiger partial charge in [0, 0.05) is 53.9 Å². The summed E-state index contributed by atoms with van der Waals surface area (Å²) in [5.74, 6) is 0.508. The van der Waals surface area contributed by atoms with Gasteiger partial charge in [0.15, 0.2) is 0 Å². The van der Waals surface area contributed by atoms with Gasteiger partial charge in [-0.25, -0.2) is 9.78 Å². The molecule has 0 unspecified atom stereocenters. The average molecular weight is 500 g/mol. The Bertz CT molecular complexity index is 1420. The number of nitrogens with zero attached hydrogens (tertiary/aromatic N) is 3. The minimum atomic E-state index is -0.468. The summed E-state index contributed by atoms with van der Waals surface area (Å²) in [7, 11) is 0. The molecular weight excluding hydrogens is 484 g/mol. The maximum atomic E-state index is 12.7. The molecule has 0 aliphatic carbocycles. The van der Waals surface area contributed by atoms with Crippen molar-refractivity contribution in [2.75, 3.05) is 6.54 Å². The van der Waals surface area contributed by atoms with Crippen LogP contribution >= 0.6 is 27.5 Å². The van der Waals surface area contributed by atoms with Crippen LogP contribution in [0.2, 0.25) is 5.02 Å². The van der Waals surface area contributed by atoms with E-state index in [1.54, 1.807) is 30.6 Å². The number of benzene rings is 1. The van der Waals surface area contributed by atoms with Crippen LogP contribution in [0.15, 0.2) is 61.2 Å². The fourth-order valence-corrected chi connectivity index (χ4v) is 4.44. The van der Waals surface area contributed by atoms with E-state index in [1.165, 1.54) is 0 Å². The maximum Gasteiger partial charge on any atom is 0.342 e. The molecule has 0 bridgehead atoms. The van der Waals surface area contributed by atoms with Crippen molar-refractivity contribution in [1.29, 1.82) is 0 Å². The summed E-state index contributed by atoms with van der Waals surface area (Å²) in [6.07, 6.45) is 3.93. The lowest BCUT2D eigenvalue weighted by Crippen LogP contribution is -2.36. The van der Waals surface area contributed by atoms with E-state index in [1.807, 2.05) is 17.0 Å². The van der Waals surface area contributed by atoms with Crippen LogP contribution in [0.3, 0.4) is 0 Å². The fraction of sp³-hybridized carbons (Fsp3) is 0.182. The van der Waals surface area contributed by atoms with Crippen LogP contribution in [-0.2, 0) is 19.5 Å². The molecule has 4 aromatic rings. The van der Waals surface area contributed by atoms with Crippen molar-refractivity contribution in [3.05, 3.63) is 89.8 Å². The highest BCUT2D eigenvalue weighted by atomic mass is 79.9. The standard InChI is InChI=1S/C22H16BrClN4O3/c23-13-3-4-18-14(8-13)19(24)16(22(30)31-18)11-28-7-5-17-15(10-28)21(29)27-20(26-17)12-2-1-6-25-9-12/h1-4,6,8-9H,5,7,10-11H2,(H,26,27,29). The number of aromatic amines is 1. The summed E-state index contributed by atoms with van der Waals surface area (Å²) in [4.78, 5) is 38.9. The Morgan fingerprint density at radius 1 is 1.26 bits per heavy atom. The Hall–Kier alpha value is -2.81. The largest absolute Gasteiger partial charge is 0.422 e. The molecule has 0 radical (unpaired) electrons. The first kappa shape index (κ1) is 20.1. The number of halogens is 2. The minimum absolute atomic E-state index is 0.186. The van der Waals surface area contributed by atoms with E-state index in [-0.39, 0.29) is 12.1 Å². The van der Waals surface area contributed by atoms with Crippen LogP contribution in [0.1, 0.15) is 16.8 Å². The van der Waals surface area contributed by atoms with Gasteiger partial charge >= 0.3 is 5.63 Å². The maximum absolute atomic E-state index is 12.7. The topological polar surface area (TPSA) is 92.1 Å².